The molecule has 0 saturated heterocycles. The molecule has 0 spiro atoms. The van der Waals surface area contributed by atoms with Crippen LogP contribution in [0.1, 0.15) is 53.9 Å². The largest absolute Gasteiger partial charge is 0.0991 e. The number of rotatable bonds is 5. The molecule has 88 valence electrons. The van der Waals surface area contributed by atoms with Crippen LogP contribution in [-0.4, -0.2) is 0 Å². The van der Waals surface area contributed by atoms with Crippen LogP contribution in [0.4, 0.5) is 0 Å². The number of unbranched alkanes of at least 4 members (excludes halogenated alkanes) is 1. The summed E-state index contributed by atoms with van der Waals surface area (Å²) in [5.41, 5.74) is 1.40. The van der Waals surface area contributed by atoms with E-state index in [1.54, 1.807) is 0 Å². The lowest BCUT2D eigenvalue weighted by molar-refractivity contribution is 0.785. The van der Waals surface area contributed by atoms with Gasteiger partial charge in [0.05, 0.1) is 0 Å². The Hall–Kier alpha value is -0.780. The molecule has 0 N–H and O–H groups in total. The highest BCUT2D eigenvalue weighted by Crippen LogP contribution is 2.11. The van der Waals surface area contributed by atoms with E-state index in [0.717, 1.165) is 6.42 Å². The molecule has 0 aliphatic rings. The van der Waals surface area contributed by atoms with Crippen molar-refractivity contribution in [3.63, 3.8) is 0 Å². The molecule has 0 aromatic heterocycles. The van der Waals surface area contributed by atoms with Gasteiger partial charge in [0, 0.05) is 0 Å². The maximum absolute atomic E-state index is 3.64. The Kier molecular flexibility index (Phi) is 14.7. The summed E-state index contributed by atoms with van der Waals surface area (Å²) in [7, 11) is 0. The average Bonchev–Trinajstić information content (AvgIpc) is 2.24. The van der Waals surface area contributed by atoms with Crippen LogP contribution in [0.3, 0.4) is 0 Å². The zero-order valence-electron chi connectivity index (χ0n) is 11.2. The lowest BCUT2D eigenvalue weighted by Gasteiger charge is -2.04. The monoisotopic (exact) mass is 208 g/mol. The lowest BCUT2D eigenvalue weighted by atomic mass is 10.0. The van der Waals surface area contributed by atoms with Crippen molar-refractivity contribution >= 4 is 0 Å². The second-order valence-corrected chi connectivity index (χ2v) is 3.86. The summed E-state index contributed by atoms with van der Waals surface area (Å²) in [6.07, 6.45) is 11.9. The third-order valence-electron chi connectivity index (χ3n) is 2.03. The van der Waals surface area contributed by atoms with Gasteiger partial charge in [-0.05, 0) is 17.9 Å². The van der Waals surface area contributed by atoms with Gasteiger partial charge in [-0.2, -0.15) is 0 Å². The SMILES string of the molecule is C=C/C=C\C(=C/CC)C(C)C.CCCC. The molecule has 0 atom stereocenters. The van der Waals surface area contributed by atoms with Crippen LogP contribution in [0.2, 0.25) is 0 Å². The zero-order chi connectivity index (χ0) is 12.1. The van der Waals surface area contributed by atoms with Gasteiger partial charge in [0.1, 0.15) is 0 Å². The molecule has 0 heteroatoms. The van der Waals surface area contributed by atoms with Crippen molar-refractivity contribution in [1.29, 1.82) is 0 Å². The molecule has 0 rings (SSSR count). The molecule has 15 heavy (non-hydrogen) atoms. The van der Waals surface area contributed by atoms with Crippen LogP contribution in [0.25, 0.3) is 0 Å². The molecule has 0 amide bonds. The molecule has 0 nitrogen and oxygen atoms in total. The van der Waals surface area contributed by atoms with Crippen molar-refractivity contribution in [1.82, 2.24) is 0 Å². The van der Waals surface area contributed by atoms with E-state index in [0.29, 0.717) is 5.92 Å². The van der Waals surface area contributed by atoms with E-state index in [2.05, 4.69) is 53.3 Å². The molecule has 0 aromatic rings. The van der Waals surface area contributed by atoms with Crippen molar-refractivity contribution < 1.29 is 0 Å². The summed E-state index contributed by atoms with van der Waals surface area (Å²) in [6, 6.07) is 0. The minimum absolute atomic E-state index is 0.617. The minimum Gasteiger partial charge on any atom is -0.0991 e. The molecule has 0 aliphatic heterocycles. The Bertz CT molecular complexity index is 180. The van der Waals surface area contributed by atoms with Crippen LogP contribution < -0.4 is 0 Å². The molecular weight excluding hydrogens is 180 g/mol. The summed E-state index contributed by atoms with van der Waals surface area (Å²) in [5, 5.41) is 0. The number of hydrogen-bond donors (Lipinski definition) is 0. The van der Waals surface area contributed by atoms with Crippen LogP contribution in [-0.2, 0) is 0 Å². The van der Waals surface area contributed by atoms with Gasteiger partial charge < -0.3 is 0 Å². The van der Waals surface area contributed by atoms with Gasteiger partial charge in [-0.1, -0.05) is 78.3 Å². The smallest absolute Gasteiger partial charge is 0.0222 e. The van der Waals surface area contributed by atoms with E-state index in [1.807, 2.05) is 12.2 Å². The highest BCUT2D eigenvalue weighted by molar-refractivity contribution is 5.22. The minimum atomic E-state index is 0.617. The highest BCUT2D eigenvalue weighted by Gasteiger charge is 1.95. The van der Waals surface area contributed by atoms with Crippen molar-refractivity contribution in [3.05, 3.63) is 36.5 Å². The molecule has 0 radical (unpaired) electrons. The second-order valence-electron chi connectivity index (χ2n) is 3.86. The van der Waals surface area contributed by atoms with E-state index >= 15 is 0 Å². The molecule has 0 aliphatic carbocycles. The van der Waals surface area contributed by atoms with E-state index in [9.17, 15) is 0 Å². The van der Waals surface area contributed by atoms with Gasteiger partial charge in [-0.25, -0.2) is 0 Å². The normalized spacial score (nSPS) is 11.5. The number of hydrogen-bond acceptors (Lipinski definition) is 0. The van der Waals surface area contributed by atoms with E-state index < -0.39 is 0 Å². The first-order chi connectivity index (χ1) is 7.13. The van der Waals surface area contributed by atoms with Crippen molar-refractivity contribution in [2.24, 2.45) is 5.92 Å². The van der Waals surface area contributed by atoms with Crippen molar-refractivity contribution in [3.8, 4) is 0 Å². The molecule has 0 bridgehead atoms. The average molecular weight is 208 g/mol. The second kappa shape index (κ2) is 13.2. The van der Waals surface area contributed by atoms with Gasteiger partial charge in [0.2, 0.25) is 0 Å². The first kappa shape index (κ1) is 16.6. The van der Waals surface area contributed by atoms with Crippen molar-refractivity contribution in [2.75, 3.05) is 0 Å². The maximum Gasteiger partial charge on any atom is -0.0222 e. The Labute approximate surface area is 96.8 Å². The summed E-state index contributed by atoms with van der Waals surface area (Å²) < 4.78 is 0. The van der Waals surface area contributed by atoms with Gasteiger partial charge in [-0.15, -0.1) is 0 Å². The molecular formula is C15H28. The van der Waals surface area contributed by atoms with Gasteiger partial charge in [0.15, 0.2) is 0 Å². The summed E-state index contributed by atoms with van der Waals surface area (Å²) in [4.78, 5) is 0. The van der Waals surface area contributed by atoms with Gasteiger partial charge in [0.25, 0.3) is 0 Å². The van der Waals surface area contributed by atoms with Crippen LogP contribution in [0.15, 0.2) is 36.5 Å². The van der Waals surface area contributed by atoms with Gasteiger partial charge >= 0.3 is 0 Å². The van der Waals surface area contributed by atoms with E-state index in [-0.39, 0.29) is 0 Å². The fraction of sp³-hybridized carbons (Fsp3) is 0.600. The van der Waals surface area contributed by atoms with Crippen LogP contribution in [0.5, 0.6) is 0 Å². The standard InChI is InChI=1S/C11H18.C4H10/c1-5-7-9-11(8-6-2)10(3)4;1-3-4-2/h5,7-10H,1,6H2,2-4H3;3-4H2,1-2H3/b9-7-,11-8+;. The lowest BCUT2D eigenvalue weighted by Crippen LogP contribution is -1.89. The maximum atomic E-state index is 3.64. The topological polar surface area (TPSA) is 0 Å². The van der Waals surface area contributed by atoms with Gasteiger partial charge in [-0.3, -0.25) is 0 Å². The predicted octanol–water partition coefficient (Wildman–Crippen LogP) is 5.53. The fourth-order valence-electron chi connectivity index (χ4n) is 0.911. The Morgan fingerprint density at radius 3 is 1.93 bits per heavy atom. The summed E-state index contributed by atoms with van der Waals surface area (Å²) >= 11 is 0. The summed E-state index contributed by atoms with van der Waals surface area (Å²) in [6.45, 7) is 14.6. The first-order valence-electron chi connectivity index (χ1n) is 6.13. The van der Waals surface area contributed by atoms with E-state index in [1.165, 1.54) is 18.4 Å². The van der Waals surface area contributed by atoms with E-state index in [4.69, 9.17) is 0 Å². The third kappa shape index (κ3) is 13.2. The summed E-state index contributed by atoms with van der Waals surface area (Å²) in [5.74, 6) is 0.617. The fourth-order valence-corrected chi connectivity index (χ4v) is 0.911. The number of allylic oxidation sites excluding steroid dienone is 5. The molecule has 0 heterocycles. The van der Waals surface area contributed by atoms with Crippen LogP contribution in [0, 0.1) is 5.92 Å². The Balaban J connectivity index is 0. The van der Waals surface area contributed by atoms with Crippen LogP contribution >= 0.6 is 0 Å². The highest BCUT2D eigenvalue weighted by atomic mass is 14.0. The zero-order valence-corrected chi connectivity index (χ0v) is 11.2. The Morgan fingerprint density at radius 2 is 1.67 bits per heavy atom. The Morgan fingerprint density at radius 1 is 1.13 bits per heavy atom. The quantitative estimate of drug-likeness (QED) is 0.521. The molecule has 0 aromatic carbocycles. The predicted molar refractivity (Wildman–Crippen MR) is 73.1 cm³/mol. The molecule has 0 saturated carbocycles. The molecule has 0 fully saturated rings. The van der Waals surface area contributed by atoms with Crippen molar-refractivity contribution in [2.45, 2.75) is 53.9 Å². The molecule has 0 unspecified atom stereocenters. The first-order valence-corrected chi connectivity index (χ1v) is 6.13. The third-order valence-corrected chi connectivity index (χ3v) is 2.03.